The van der Waals surface area contributed by atoms with Gasteiger partial charge in [0, 0.05) is 19.0 Å². The van der Waals surface area contributed by atoms with Crippen LogP contribution in [0.15, 0.2) is 5.38 Å². The summed E-state index contributed by atoms with van der Waals surface area (Å²) in [5, 5.41) is 12.8. The van der Waals surface area contributed by atoms with Gasteiger partial charge in [-0.3, -0.25) is 4.90 Å². The van der Waals surface area contributed by atoms with Crippen molar-refractivity contribution in [3.63, 3.8) is 0 Å². The number of methoxy groups -OCH3 is 1. The molecule has 0 saturated carbocycles. The highest BCUT2D eigenvalue weighted by atomic mass is 35.5. The largest absolute Gasteiger partial charge is 0.389 e. The summed E-state index contributed by atoms with van der Waals surface area (Å²) in [4.78, 5) is 6.62. The van der Waals surface area contributed by atoms with E-state index in [-0.39, 0.29) is 6.04 Å². The number of thiazole rings is 1. The molecule has 1 aromatic rings. The Kier molecular flexibility index (Phi) is 7.11. The van der Waals surface area contributed by atoms with E-state index in [9.17, 15) is 5.11 Å². The van der Waals surface area contributed by atoms with Crippen LogP contribution in [-0.4, -0.2) is 48.4 Å². The van der Waals surface area contributed by atoms with E-state index in [1.165, 1.54) is 0 Å². The number of hydrogen-bond donors (Lipinski definition) is 1. The maximum atomic E-state index is 9.76. The van der Waals surface area contributed by atoms with Gasteiger partial charge in [0.15, 0.2) is 0 Å². The summed E-state index contributed by atoms with van der Waals surface area (Å²) in [6, 6.07) is 0.221. The number of hydrogen-bond acceptors (Lipinski definition) is 5. The van der Waals surface area contributed by atoms with Gasteiger partial charge in [-0.2, -0.15) is 0 Å². The summed E-state index contributed by atoms with van der Waals surface area (Å²) in [6.45, 7) is 3.04. The number of ether oxygens (including phenoxy) is 1. The second-order valence-electron chi connectivity index (χ2n) is 4.28. The second kappa shape index (κ2) is 8.07. The van der Waals surface area contributed by atoms with Crippen LogP contribution < -0.4 is 0 Å². The highest BCUT2D eigenvalue weighted by molar-refractivity contribution is 7.09. The minimum atomic E-state index is -0.471. The van der Waals surface area contributed by atoms with E-state index in [0.29, 0.717) is 19.0 Å². The molecule has 0 amide bonds. The van der Waals surface area contributed by atoms with Gasteiger partial charge in [0.05, 0.1) is 30.3 Å². The molecule has 1 aromatic heterocycles. The normalized spacial score (nSPS) is 15.0. The first kappa shape index (κ1) is 15.9. The summed E-state index contributed by atoms with van der Waals surface area (Å²) in [5.74, 6) is 0.447. The van der Waals surface area contributed by atoms with Crippen molar-refractivity contribution >= 4 is 22.9 Å². The first-order chi connectivity index (χ1) is 8.62. The van der Waals surface area contributed by atoms with Crippen LogP contribution in [0.3, 0.4) is 0 Å². The van der Waals surface area contributed by atoms with Crippen molar-refractivity contribution in [1.82, 2.24) is 9.88 Å². The highest BCUT2D eigenvalue weighted by Gasteiger charge is 2.20. The molecule has 2 unspecified atom stereocenters. The summed E-state index contributed by atoms with van der Waals surface area (Å²) in [7, 11) is 3.59. The Balaban J connectivity index is 2.64. The lowest BCUT2D eigenvalue weighted by Gasteiger charge is -2.27. The molecule has 1 N–H and O–H groups in total. The Morgan fingerprint density at radius 3 is 2.83 bits per heavy atom. The average Bonchev–Trinajstić information content (AvgIpc) is 2.78. The number of aliphatic hydroxyl groups excluding tert-OH is 1. The Bertz CT molecular complexity index is 349. The summed E-state index contributed by atoms with van der Waals surface area (Å²) in [5.41, 5.74) is 0.918. The third-order valence-corrected chi connectivity index (χ3v) is 4.04. The monoisotopic (exact) mass is 292 g/mol. The average molecular weight is 293 g/mol. The summed E-state index contributed by atoms with van der Waals surface area (Å²) < 4.78 is 4.94. The Morgan fingerprint density at radius 2 is 2.33 bits per heavy atom. The Hall–Kier alpha value is -0.200. The van der Waals surface area contributed by atoms with Crippen molar-refractivity contribution in [2.75, 3.05) is 27.3 Å². The zero-order valence-corrected chi connectivity index (χ0v) is 12.7. The lowest BCUT2D eigenvalue weighted by Crippen LogP contribution is -2.34. The van der Waals surface area contributed by atoms with Gasteiger partial charge in [0.2, 0.25) is 0 Å². The van der Waals surface area contributed by atoms with Crippen LogP contribution in [0.25, 0.3) is 0 Å². The number of aliphatic hydroxyl groups is 1. The van der Waals surface area contributed by atoms with Gasteiger partial charge in [-0.05, 0) is 13.5 Å². The zero-order valence-electron chi connectivity index (χ0n) is 11.1. The Morgan fingerprint density at radius 1 is 1.61 bits per heavy atom. The fourth-order valence-electron chi connectivity index (χ4n) is 1.92. The van der Waals surface area contributed by atoms with Crippen LogP contribution in [-0.2, 0) is 10.6 Å². The number of alkyl halides is 1. The van der Waals surface area contributed by atoms with Crippen molar-refractivity contribution in [2.24, 2.45) is 0 Å². The SMILES string of the molecule is CCC(c1nc(CCl)cs1)N(C)CC(O)COC. The van der Waals surface area contributed by atoms with Gasteiger partial charge in [-0.25, -0.2) is 4.98 Å². The number of aromatic nitrogens is 1. The minimum Gasteiger partial charge on any atom is -0.389 e. The van der Waals surface area contributed by atoms with Crippen LogP contribution in [0.1, 0.15) is 30.1 Å². The van der Waals surface area contributed by atoms with Crippen LogP contribution in [0, 0.1) is 0 Å². The third kappa shape index (κ3) is 4.48. The van der Waals surface area contributed by atoms with Crippen LogP contribution in [0.4, 0.5) is 0 Å². The summed E-state index contributed by atoms with van der Waals surface area (Å²) >= 11 is 7.39. The van der Waals surface area contributed by atoms with Crippen LogP contribution in [0.2, 0.25) is 0 Å². The number of halogens is 1. The molecule has 4 nitrogen and oxygen atoms in total. The molecule has 0 aliphatic rings. The third-order valence-electron chi connectivity index (χ3n) is 2.77. The van der Waals surface area contributed by atoms with Gasteiger partial charge >= 0.3 is 0 Å². The molecule has 0 radical (unpaired) electrons. The molecule has 0 spiro atoms. The van der Waals surface area contributed by atoms with E-state index in [2.05, 4.69) is 16.8 Å². The van der Waals surface area contributed by atoms with Crippen molar-refractivity contribution < 1.29 is 9.84 Å². The first-order valence-corrected chi connectivity index (χ1v) is 7.41. The molecular weight excluding hydrogens is 272 g/mol. The molecule has 0 aliphatic carbocycles. The molecule has 18 heavy (non-hydrogen) atoms. The van der Waals surface area contributed by atoms with Gasteiger partial charge in [-0.1, -0.05) is 6.92 Å². The van der Waals surface area contributed by atoms with Gasteiger partial charge in [0.1, 0.15) is 5.01 Å². The first-order valence-electron chi connectivity index (χ1n) is 5.99. The lowest BCUT2D eigenvalue weighted by molar-refractivity contribution is 0.0335. The maximum Gasteiger partial charge on any atom is 0.110 e. The quantitative estimate of drug-likeness (QED) is 0.747. The van der Waals surface area contributed by atoms with Crippen LogP contribution in [0.5, 0.6) is 0 Å². The molecule has 1 rings (SSSR count). The van der Waals surface area contributed by atoms with Crippen molar-refractivity contribution in [3.8, 4) is 0 Å². The van der Waals surface area contributed by atoms with Crippen molar-refractivity contribution in [1.29, 1.82) is 0 Å². The molecule has 0 aliphatic heterocycles. The molecule has 0 fully saturated rings. The number of nitrogens with zero attached hydrogens (tertiary/aromatic N) is 2. The fraction of sp³-hybridized carbons (Fsp3) is 0.750. The predicted octanol–water partition coefficient (Wildman–Crippen LogP) is 2.27. The van der Waals surface area contributed by atoms with E-state index in [0.717, 1.165) is 17.1 Å². The molecule has 104 valence electrons. The smallest absolute Gasteiger partial charge is 0.110 e. The molecule has 0 aromatic carbocycles. The van der Waals surface area contributed by atoms with Crippen molar-refractivity contribution in [2.45, 2.75) is 31.4 Å². The minimum absolute atomic E-state index is 0.221. The summed E-state index contributed by atoms with van der Waals surface area (Å²) in [6.07, 6.45) is 0.479. The fourth-order valence-corrected chi connectivity index (χ4v) is 3.21. The predicted molar refractivity (Wildman–Crippen MR) is 75.2 cm³/mol. The zero-order chi connectivity index (χ0) is 13.5. The Labute approximate surface area is 118 Å². The maximum absolute atomic E-state index is 9.76. The van der Waals surface area contributed by atoms with E-state index in [4.69, 9.17) is 16.3 Å². The number of likely N-dealkylation sites (N-methyl/N-ethyl adjacent to an activating group) is 1. The van der Waals surface area contributed by atoms with Gasteiger partial charge in [-0.15, -0.1) is 22.9 Å². The standard InChI is InChI=1S/C12H21ClN2O2S/c1-4-11(12-14-9(5-13)8-18-12)15(2)6-10(16)7-17-3/h8,10-11,16H,4-7H2,1-3H3. The van der Waals surface area contributed by atoms with E-state index < -0.39 is 6.10 Å². The molecule has 0 saturated heterocycles. The second-order valence-corrected chi connectivity index (χ2v) is 5.44. The molecule has 2 atom stereocenters. The number of rotatable bonds is 8. The molecule has 6 heteroatoms. The van der Waals surface area contributed by atoms with E-state index >= 15 is 0 Å². The van der Waals surface area contributed by atoms with E-state index in [1.54, 1.807) is 18.4 Å². The van der Waals surface area contributed by atoms with Crippen LogP contribution >= 0.6 is 22.9 Å². The molecule has 0 bridgehead atoms. The van der Waals surface area contributed by atoms with Gasteiger partial charge in [0.25, 0.3) is 0 Å². The molecule has 1 heterocycles. The van der Waals surface area contributed by atoms with E-state index in [1.807, 2.05) is 12.4 Å². The topological polar surface area (TPSA) is 45.6 Å². The molecular formula is C12H21ClN2O2S. The van der Waals surface area contributed by atoms with Gasteiger partial charge < -0.3 is 9.84 Å². The van der Waals surface area contributed by atoms with Crippen molar-refractivity contribution in [3.05, 3.63) is 16.1 Å². The lowest BCUT2D eigenvalue weighted by atomic mass is 10.2. The highest BCUT2D eigenvalue weighted by Crippen LogP contribution is 2.26.